The van der Waals surface area contributed by atoms with Crippen LogP contribution in [0.2, 0.25) is 0 Å². The number of ether oxygens (including phenoxy) is 1. The van der Waals surface area contributed by atoms with Crippen molar-refractivity contribution in [3.8, 4) is 0 Å². The summed E-state index contributed by atoms with van der Waals surface area (Å²) < 4.78 is 5.27. The molecule has 124 valence electrons. The second kappa shape index (κ2) is 10.4. The molecule has 1 rings (SSSR count). The van der Waals surface area contributed by atoms with Gasteiger partial charge in [-0.05, 0) is 53.4 Å². The fraction of sp³-hybridized carbons (Fsp3) is 0.632. The van der Waals surface area contributed by atoms with Gasteiger partial charge >= 0.3 is 0 Å². The minimum absolute atomic E-state index is 0.130. The number of morpholine rings is 1. The lowest BCUT2D eigenvalue weighted by Crippen LogP contribution is -2.39. The van der Waals surface area contributed by atoms with E-state index in [1.165, 1.54) is 11.1 Å². The molecule has 1 amide bonds. The van der Waals surface area contributed by atoms with E-state index in [-0.39, 0.29) is 5.91 Å². The van der Waals surface area contributed by atoms with Gasteiger partial charge in [0.1, 0.15) is 0 Å². The molecule has 1 heterocycles. The number of rotatable bonds is 7. The third-order valence-corrected chi connectivity index (χ3v) is 3.82. The number of carbonyl (C=O) groups is 1. The molecular weight excluding hydrogens is 274 g/mol. The SMILES string of the molecule is CC(C)=CCC/C(C)=C/CC/C(C)=C/C(=O)N1CCOCC1. The van der Waals surface area contributed by atoms with Crippen LogP contribution >= 0.6 is 0 Å². The van der Waals surface area contributed by atoms with Crippen LogP contribution in [0.15, 0.2) is 34.9 Å². The molecule has 22 heavy (non-hydrogen) atoms. The van der Waals surface area contributed by atoms with Crippen molar-refractivity contribution >= 4 is 5.91 Å². The third kappa shape index (κ3) is 8.18. The number of amides is 1. The molecule has 0 saturated carbocycles. The number of allylic oxidation sites excluding steroid dienone is 5. The molecule has 1 fully saturated rings. The first kappa shape index (κ1) is 18.7. The largest absolute Gasteiger partial charge is 0.378 e. The predicted molar refractivity (Wildman–Crippen MR) is 92.8 cm³/mol. The molecule has 1 aliphatic heterocycles. The van der Waals surface area contributed by atoms with Gasteiger partial charge in [-0.25, -0.2) is 0 Å². The van der Waals surface area contributed by atoms with Gasteiger partial charge in [0.15, 0.2) is 0 Å². The summed E-state index contributed by atoms with van der Waals surface area (Å²) in [5.41, 5.74) is 3.97. The van der Waals surface area contributed by atoms with Crippen LogP contribution in [0.3, 0.4) is 0 Å². The van der Waals surface area contributed by atoms with E-state index >= 15 is 0 Å². The fourth-order valence-electron chi connectivity index (χ4n) is 2.39. The van der Waals surface area contributed by atoms with E-state index < -0.39 is 0 Å². The van der Waals surface area contributed by atoms with Gasteiger partial charge in [0.2, 0.25) is 5.91 Å². The van der Waals surface area contributed by atoms with Crippen molar-refractivity contribution in [3.63, 3.8) is 0 Å². The van der Waals surface area contributed by atoms with E-state index in [0.29, 0.717) is 26.3 Å². The summed E-state index contributed by atoms with van der Waals surface area (Å²) in [6.07, 6.45) is 10.6. The van der Waals surface area contributed by atoms with Crippen LogP contribution in [-0.4, -0.2) is 37.1 Å². The normalized spacial score (nSPS) is 16.6. The molecule has 0 aromatic rings. The summed E-state index contributed by atoms with van der Waals surface area (Å²) in [5, 5.41) is 0. The standard InChI is InChI=1S/C19H31NO2/c1-16(2)7-5-8-17(3)9-6-10-18(4)15-19(21)20-11-13-22-14-12-20/h7,9,15H,5-6,8,10-14H2,1-4H3/b17-9+,18-15+. The first-order chi connectivity index (χ1) is 10.5. The Labute approximate surface area is 135 Å². The Morgan fingerprint density at radius 2 is 1.55 bits per heavy atom. The van der Waals surface area contributed by atoms with Crippen LogP contribution in [-0.2, 0) is 9.53 Å². The molecule has 0 atom stereocenters. The molecule has 3 heteroatoms. The molecule has 0 aromatic heterocycles. The van der Waals surface area contributed by atoms with E-state index in [1.807, 2.05) is 11.8 Å². The summed E-state index contributed by atoms with van der Waals surface area (Å²) in [7, 11) is 0. The lowest BCUT2D eigenvalue weighted by Gasteiger charge is -2.25. The van der Waals surface area contributed by atoms with Gasteiger partial charge in [0.25, 0.3) is 0 Å². The van der Waals surface area contributed by atoms with Crippen molar-refractivity contribution in [2.45, 2.75) is 53.4 Å². The van der Waals surface area contributed by atoms with Crippen molar-refractivity contribution in [1.82, 2.24) is 4.90 Å². The Morgan fingerprint density at radius 3 is 2.18 bits per heavy atom. The first-order valence-electron chi connectivity index (χ1n) is 8.32. The molecule has 0 N–H and O–H groups in total. The maximum atomic E-state index is 12.1. The van der Waals surface area contributed by atoms with Gasteiger partial charge in [-0.3, -0.25) is 4.79 Å². The fourth-order valence-corrected chi connectivity index (χ4v) is 2.39. The summed E-state index contributed by atoms with van der Waals surface area (Å²) in [6.45, 7) is 11.3. The van der Waals surface area contributed by atoms with E-state index in [1.54, 1.807) is 6.08 Å². The zero-order chi connectivity index (χ0) is 16.4. The third-order valence-electron chi connectivity index (χ3n) is 3.82. The lowest BCUT2D eigenvalue weighted by atomic mass is 10.1. The van der Waals surface area contributed by atoms with E-state index in [2.05, 4.69) is 32.9 Å². The van der Waals surface area contributed by atoms with Crippen molar-refractivity contribution in [2.75, 3.05) is 26.3 Å². The summed E-state index contributed by atoms with van der Waals surface area (Å²) in [4.78, 5) is 14.0. The Hall–Kier alpha value is -1.35. The van der Waals surface area contributed by atoms with Crippen LogP contribution in [0.5, 0.6) is 0 Å². The summed E-state index contributed by atoms with van der Waals surface area (Å²) in [5.74, 6) is 0.130. The molecule has 3 nitrogen and oxygen atoms in total. The van der Waals surface area contributed by atoms with Crippen molar-refractivity contribution < 1.29 is 9.53 Å². The highest BCUT2D eigenvalue weighted by Crippen LogP contribution is 2.12. The average molecular weight is 305 g/mol. The number of hydrogen-bond acceptors (Lipinski definition) is 2. The average Bonchev–Trinajstić information content (AvgIpc) is 2.47. The molecule has 1 aliphatic rings. The smallest absolute Gasteiger partial charge is 0.246 e. The van der Waals surface area contributed by atoms with Gasteiger partial charge in [0.05, 0.1) is 13.2 Å². The quantitative estimate of drug-likeness (QED) is 0.519. The second-order valence-corrected chi connectivity index (χ2v) is 6.34. The number of hydrogen-bond donors (Lipinski definition) is 0. The van der Waals surface area contributed by atoms with Crippen molar-refractivity contribution in [2.24, 2.45) is 0 Å². The minimum atomic E-state index is 0.130. The van der Waals surface area contributed by atoms with Crippen LogP contribution in [0.1, 0.15) is 53.4 Å². The van der Waals surface area contributed by atoms with E-state index in [4.69, 9.17) is 4.74 Å². The van der Waals surface area contributed by atoms with Crippen LogP contribution in [0.4, 0.5) is 0 Å². The van der Waals surface area contributed by atoms with E-state index in [0.717, 1.165) is 31.3 Å². The van der Waals surface area contributed by atoms with Gasteiger partial charge < -0.3 is 9.64 Å². The van der Waals surface area contributed by atoms with E-state index in [9.17, 15) is 4.79 Å². The molecule has 0 aromatic carbocycles. The summed E-state index contributed by atoms with van der Waals surface area (Å²) in [6, 6.07) is 0. The van der Waals surface area contributed by atoms with Crippen LogP contribution in [0.25, 0.3) is 0 Å². The highest BCUT2D eigenvalue weighted by atomic mass is 16.5. The lowest BCUT2D eigenvalue weighted by molar-refractivity contribution is -0.130. The van der Waals surface area contributed by atoms with Gasteiger partial charge in [0, 0.05) is 19.2 Å². The van der Waals surface area contributed by atoms with Crippen molar-refractivity contribution in [1.29, 1.82) is 0 Å². The molecule has 0 radical (unpaired) electrons. The number of nitrogens with zero attached hydrogens (tertiary/aromatic N) is 1. The minimum Gasteiger partial charge on any atom is -0.378 e. The summed E-state index contributed by atoms with van der Waals surface area (Å²) >= 11 is 0. The van der Waals surface area contributed by atoms with Crippen LogP contribution in [0, 0.1) is 0 Å². The molecule has 0 aliphatic carbocycles. The van der Waals surface area contributed by atoms with Gasteiger partial charge in [-0.2, -0.15) is 0 Å². The first-order valence-corrected chi connectivity index (χ1v) is 8.32. The zero-order valence-corrected chi connectivity index (χ0v) is 14.7. The van der Waals surface area contributed by atoms with Crippen LogP contribution < -0.4 is 0 Å². The monoisotopic (exact) mass is 305 g/mol. The molecular formula is C19H31NO2. The second-order valence-electron chi connectivity index (χ2n) is 6.34. The predicted octanol–water partition coefficient (Wildman–Crippen LogP) is 4.26. The highest BCUT2D eigenvalue weighted by Gasteiger charge is 2.14. The van der Waals surface area contributed by atoms with Gasteiger partial charge in [-0.15, -0.1) is 0 Å². The zero-order valence-electron chi connectivity index (χ0n) is 14.7. The Balaban J connectivity index is 2.31. The molecule has 0 spiro atoms. The Morgan fingerprint density at radius 1 is 0.955 bits per heavy atom. The molecule has 1 saturated heterocycles. The molecule has 0 bridgehead atoms. The highest BCUT2D eigenvalue weighted by molar-refractivity contribution is 5.88. The van der Waals surface area contributed by atoms with Gasteiger partial charge in [-0.1, -0.05) is 28.9 Å². The topological polar surface area (TPSA) is 29.5 Å². The van der Waals surface area contributed by atoms with Crippen molar-refractivity contribution in [3.05, 3.63) is 34.9 Å². The number of carbonyl (C=O) groups excluding carboxylic acids is 1. The Bertz CT molecular complexity index is 436. The Kier molecular flexibility index (Phi) is 8.83. The molecule has 0 unspecified atom stereocenters. The maximum Gasteiger partial charge on any atom is 0.246 e. The maximum absolute atomic E-state index is 12.1.